The van der Waals surface area contributed by atoms with Crippen molar-refractivity contribution in [3.05, 3.63) is 28.2 Å². The summed E-state index contributed by atoms with van der Waals surface area (Å²) >= 11 is 3.31. The summed E-state index contributed by atoms with van der Waals surface area (Å²) in [5.74, 6) is 1.13. The van der Waals surface area contributed by atoms with Gasteiger partial charge in [-0.1, -0.05) is 28.9 Å². The van der Waals surface area contributed by atoms with Crippen molar-refractivity contribution in [2.75, 3.05) is 6.54 Å². The van der Waals surface area contributed by atoms with Crippen LogP contribution in [0.3, 0.4) is 0 Å². The van der Waals surface area contributed by atoms with E-state index in [-0.39, 0.29) is 0 Å². The van der Waals surface area contributed by atoms with E-state index in [1.807, 2.05) is 19.1 Å². The molecule has 0 spiro atoms. The molecule has 0 aromatic heterocycles. The molecule has 2 rings (SSSR count). The number of nitrogens with one attached hydrogen (secondary N) is 1. The second-order valence-corrected chi connectivity index (χ2v) is 7.73. The van der Waals surface area contributed by atoms with Crippen LogP contribution in [-0.4, -0.2) is 15.0 Å². The molecule has 1 aromatic rings. The minimum atomic E-state index is -3.39. The maximum Gasteiger partial charge on any atom is 0.240 e. The normalized spacial score (nSPS) is 17.7. The fourth-order valence-electron chi connectivity index (χ4n) is 2.01. The van der Waals surface area contributed by atoms with Crippen molar-refractivity contribution >= 4 is 26.0 Å². The molecule has 0 aliphatic heterocycles. The summed E-state index contributed by atoms with van der Waals surface area (Å²) in [5.41, 5.74) is 0.768. The largest absolute Gasteiger partial charge is 0.240 e. The molecular weight excluding hydrogens is 314 g/mol. The Bertz CT molecular complexity index is 538. The van der Waals surface area contributed by atoms with Crippen LogP contribution in [-0.2, 0) is 10.0 Å². The van der Waals surface area contributed by atoms with E-state index in [2.05, 4.69) is 27.6 Å². The quantitative estimate of drug-likeness (QED) is 0.901. The molecule has 100 valence electrons. The van der Waals surface area contributed by atoms with E-state index in [1.165, 1.54) is 12.8 Å². The monoisotopic (exact) mass is 331 g/mol. The van der Waals surface area contributed by atoms with E-state index in [0.717, 1.165) is 10.0 Å². The van der Waals surface area contributed by atoms with Crippen molar-refractivity contribution in [3.8, 4) is 0 Å². The number of halogens is 1. The SMILES string of the molecule is Cc1ccc(Br)cc1S(=O)(=O)NCC(C)C1CC1. The first kappa shape index (κ1) is 14.0. The average molecular weight is 332 g/mol. The van der Waals surface area contributed by atoms with Gasteiger partial charge in [0.1, 0.15) is 0 Å². The van der Waals surface area contributed by atoms with Crippen LogP contribution in [0, 0.1) is 18.8 Å². The summed E-state index contributed by atoms with van der Waals surface area (Å²) < 4.78 is 27.9. The van der Waals surface area contributed by atoms with Gasteiger partial charge in [0.2, 0.25) is 10.0 Å². The summed E-state index contributed by atoms with van der Waals surface area (Å²) in [7, 11) is -3.39. The highest BCUT2D eigenvalue weighted by molar-refractivity contribution is 9.10. The molecule has 1 fully saturated rings. The van der Waals surface area contributed by atoms with Crippen molar-refractivity contribution in [2.24, 2.45) is 11.8 Å². The van der Waals surface area contributed by atoms with Crippen LogP contribution in [0.25, 0.3) is 0 Å². The summed E-state index contributed by atoms with van der Waals surface area (Å²) in [6.07, 6.45) is 2.47. The molecule has 1 aliphatic carbocycles. The van der Waals surface area contributed by atoms with E-state index >= 15 is 0 Å². The van der Waals surface area contributed by atoms with E-state index in [1.54, 1.807) is 6.07 Å². The molecule has 5 heteroatoms. The first-order chi connectivity index (χ1) is 8.40. The number of rotatable bonds is 5. The highest BCUT2D eigenvalue weighted by Gasteiger charge is 2.29. The summed E-state index contributed by atoms with van der Waals surface area (Å²) in [6, 6.07) is 5.31. The zero-order chi connectivity index (χ0) is 13.3. The van der Waals surface area contributed by atoms with Crippen molar-refractivity contribution in [1.29, 1.82) is 0 Å². The second-order valence-electron chi connectivity index (χ2n) is 5.08. The van der Waals surface area contributed by atoms with Gasteiger partial charge in [-0.25, -0.2) is 13.1 Å². The van der Waals surface area contributed by atoms with Gasteiger partial charge >= 0.3 is 0 Å². The highest BCUT2D eigenvalue weighted by atomic mass is 79.9. The Hall–Kier alpha value is -0.390. The van der Waals surface area contributed by atoms with E-state index in [9.17, 15) is 8.42 Å². The predicted octanol–water partition coefficient (Wildman–Crippen LogP) is 3.08. The van der Waals surface area contributed by atoms with Gasteiger partial charge in [-0.2, -0.15) is 0 Å². The van der Waals surface area contributed by atoms with Crippen LogP contribution < -0.4 is 4.72 Å². The Balaban J connectivity index is 2.11. The zero-order valence-corrected chi connectivity index (χ0v) is 13.0. The third-order valence-corrected chi connectivity index (χ3v) is 5.52. The molecule has 0 amide bonds. The Labute approximate surface area is 117 Å². The zero-order valence-electron chi connectivity index (χ0n) is 10.6. The lowest BCUT2D eigenvalue weighted by atomic mass is 10.1. The van der Waals surface area contributed by atoms with Crippen LogP contribution >= 0.6 is 15.9 Å². The van der Waals surface area contributed by atoms with Gasteiger partial charge in [-0.3, -0.25) is 0 Å². The van der Waals surface area contributed by atoms with Gasteiger partial charge < -0.3 is 0 Å². The molecule has 0 radical (unpaired) electrons. The number of sulfonamides is 1. The van der Waals surface area contributed by atoms with Gasteiger partial charge in [-0.15, -0.1) is 0 Å². The molecule has 0 heterocycles. The summed E-state index contributed by atoms with van der Waals surface area (Å²) in [6.45, 7) is 4.44. The van der Waals surface area contributed by atoms with Crippen LogP contribution in [0.5, 0.6) is 0 Å². The molecule has 18 heavy (non-hydrogen) atoms. The number of hydrogen-bond donors (Lipinski definition) is 1. The second kappa shape index (κ2) is 5.31. The molecule has 1 aliphatic rings. The van der Waals surface area contributed by atoms with Crippen LogP contribution in [0.2, 0.25) is 0 Å². The smallest absolute Gasteiger partial charge is 0.211 e. The average Bonchev–Trinajstić information content (AvgIpc) is 3.13. The van der Waals surface area contributed by atoms with Gasteiger partial charge in [0.05, 0.1) is 4.90 Å². The molecule has 1 unspecified atom stereocenters. The Kier molecular flexibility index (Phi) is 4.14. The molecule has 1 atom stereocenters. The van der Waals surface area contributed by atoms with Crippen molar-refractivity contribution in [1.82, 2.24) is 4.72 Å². The first-order valence-corrected chi connectivity index (χ1v) is 8.43. The molecule has 1 N–H and O–H groups in total. The van der Waals surface area contributed by atoms with Gasteiger partial charge in [-0.05, 0) is 49.3 Å². The topological polar surface area (TPSA) is 46.2 Å². The fraction of sp³-hybridized carbons (Fsp3) is 0.538. The molecule has 1 saturated carbocycles. The van der Waals surface area contributed by atoms with E-state index < -0.39 is 10.0 Å². The van der Waals surface area contributed by atoms with Crippen molar-refractivity contribution in [2.45, 2.75) is 31.6 Å². The maximum atomic E-state index is 12.2. The number of benzene rings is 1. The lowest BCUT2D eigenvalue weighted by Gasteiger charge is -2.13. The maximum absolute atomic E-state index is 12.2. The van der Waals surface area contributed by atoms with Crippen LogP contribution in [0.15, 0.2) is 27.6 Å². The third-order valence-electron chi connectivity index (χ3n) is 3.46. The predicted molar refractivity (Wildman–Crippen MR) is 76.0 cm³/mol. The summed E-state index contributed by atoms with van der Waals surface area (Å²) in [4.78, 5) is 0.361. The Morgan fingerprint density at radius 3 is 2.72 bits per heavy atom. The fourth-order valence-corrected chi connectivity index (χ4v) is 3.94. The molecular formula is C13H18BrNO2S. The van der Waals surface area contributed by atoms with Gasteiger partial charge in [0.25, 0.3) is 0 Å². The Morgan fingerprint density at radius 1 is 1.44 bits per heavy atom. The standard InChI is InChI=1S/C13H18BrNO2S/c1-9-3-6-12(14)7-13(9)18(16,17)15-8-10(2)11-4-5-11/h3,6-7,10-11,15H,4-5,8H2,1-2H3. The highest BCUT2D eigenvalue weighted by Crippen LogP contribution is 2.36. The van der Waals surface area contributed by atoms with Gasteiger partial charge in [0, 0.05) is 11.0 Å². The molecule has 1 aromatic carbocycles. The van der Waals surface area contributed by atoms with Crippen LogP contribution in [0.1, 0.15) is 25.3 Å². The third kappa shape index (κ3) is 3.33. The minimum absolute atomic E-state index is 0.361. The minimum Gasteiger partial charge on any atom is -0.211 e. The lowest BCUT2D eigenvalue weighted by molar-refractivity contribution is 0.491. The van der Waals surface area contributed by atoms with Crippen molar-refractivity contribution in [3.63, 3.8) is 0 Å². The molecule has 0 bridgehead atoms. The Morgan fingerprint density at radius 2 is 2.11 bits per heavy atom. The van der Waals surface area contributed by atoms with E-state index in [0.29, 0.717) is 23.3 Å². The first-order valence-electron chi connectivity index (χ1n) is 6.16. The number of hydrogen-bond acceptors (Lipinski definition) is 2. The lowest BCUT2D eigenvalue weighted by Crippen LogP contribution is -2.29. The molecule has 3 nitrogen and oxygen atoms in total. The molecule has 0 saturated heterocycles. The summed E-state index contributed by atoms with van der Waals surface area (Å²) in [5, 5.41) is 0. The van der Waals surface area contributed by atoms with E-state index in [4.69, 9.17) is 0 Å². The van der Waals surface area contributed by atoms with Crippen LogP contribution in [0.4, 0.5) is 0 Å². The van der Waals surface area contributed by atoms with Crippen molar-refractivity contribution < 1.29 is 8.42 Å². The van der Waals surface area contributed by atoms with Gasteiger partial charge in [0.15, 0.2) is 0 Å². The number of aryl methyl sites for hydroxylation is 1.